The summed E-state index contributed by atoms with van der Waals surface area (Å²) in [6.07, 6.45) is -14.3. The minimum atomic E-state index is -5.69. The van der Waals surface area contributed by atoms with E-state index in [0.717, 1.165) is 19.1 Å². The van der Waals surface area contributed by atoms with Crippen molar-refractivity contribution in [1.82, 2.24) is 5.32 Å². The van der Waals surface area contributed by atoms with E-state index in [-0.39, 0.29) is 5.69 Å². The molecule has 1 rings (SSSR count). The molecule has 0 aliphatic rings. The molecular weight excluding hydrogens is 358 g/mol. The summed E-state index contributed by atoms with van der Waals surface area (Å²) >= 11 is 0. The molecule has 0 aliphatic heterocycles. The van der Waals surface area contributed by atoms with Gasteiger partial charge in [-0.1, -0.05) is 12.1 Å². The second kappa shape index (κ2) is 7.19. The molecule has 0 radical (unpaired) electrons. The lowest BCUT2D eigenvalue weighted by atomic mass is 9.75. The molecule has 1 aromatic rings. The third-order valence-corrected chi connectivity index (χ3v) is 3.47. The molecule has 0 bridgehead atoms. The van der Waals surface area contributed by atoms with E-state index < -0.39 is 48.3 Å². The lowest BCUT2D eigenvalue weighted by Crippen LogP contribution is -2.55. The zero-order chi connectivity index (χ0) is 19.5. The molecule has 11 heteroatoms. The number of hydrogen-bond acceptors (Lipinski definition) is 2. The fraction of sp³-hybridized carbons (Fsp3) is 0.429. The van der Waals surface area contributed by atoms with Gasteiger partial charge in [-0.05, 0) is 24.1 Å². The van der Waals surface area contributed by atoms with Crippen molar-refractivity contribution in [3.8, 4) is 0 Å². The van der Waals surface area contributed by atoms with Crippen molar-refractivity contribution in [2.24, 2.45) is 0 Å². The van der Waals surface area contributed by atoms with Gasteiger partial charge in [-0.2, -0.15) is 26.3 Å². The molecule has 3 N–H and O–H groups in total. The van der Waals surface area contributed by atoms with Crippen LogP contribution in [0.15, 0.2) is 24.3 Å². The van der Waals surface area contributed by atoms with Crippen LogP contribution >= 0.6 is 0 Å². The van der Waals surface area contributed by atoms with Gasteiger partial charge < -0.3 is 10.4 Å². The Morgan fingerprint density at radius 3 is 1.84 bits per heavy atom. The maximum Gasteiger partial charge on any atom is 0.409 e. The number of hydrogen-bond donors (Lipinski definition) is 3. The zero-order valence-electron chi connectivity index (χ0n) is 12.8. The number of carbonyl (C=O) groups is 2. The van der Waals surface area contributed by atoms with Crippen molar-refractivity contribution < 1.29 is 41.0 Å². The third-order valence-electron chi connectivity index (χ3n) is 3.47. The molecule has 25 heavy (non-hydrogen) atoms. The standard InChI is InChI=1S/C14H14F6N2O3/c1-8(23)21-7-6-12(13(15,16)17,14(18,19)20)9-2-4-10(5-3-9)22-11(24)25/h2-5,22H,6-7H2,1H3,(H,21,23)(H,24,25). The van der Waals surface area contributed by atoms with E-state index >= 15 is 0 Å². The Kier molecular flexibility index (Phi) is 5.92. The molecule has 5 nitrogen and oxygen atoms in total. The largest absolute Gasteiger partial charge is 0.465 e. The van der Waals surface area contributed by atoms with E-state index in [4.69, 9.17) is 5.11 Å². The van der Waals surface area contributed by atoms with Crippen LogP contribution in [0.2, 0.25) is 0 Å². The molecule has 0 saturated carbocycles. The number of nitrogens with one attached hydrogen (secondary N) is 2. The predicted octanol–water partition coefficient (Wildman–Crippen LogP) is 3.67. The number of carbonyl (C=O) groups excluding carboxylic acids is 1. The van der Waals surface area contributed by atoms with Crippen molar-refractivity contribution in [3.63, 3.8) is 0 Å². The molecule has 0 unspecified atom stereocenters. The maximum absolute atomic E-state index is 13.4. The molecule has 0 atom stereocenters. The summed E-state index contributed by atoms with van der Waals surface area (Å²) in [5.74, 6) is -0.765. The number of alkyl halides is 6. The average Bonchev–Trinajstić information content (AvgIpc) is 2.41. The Hall–Kier alpha value is -2.46. The Bertz CT molecular complexity index is 611. The first-order chi connectivity index (χ1) is 11.3. The van der Waals surface area contributed by atoms with Gasteiger partial charge in [-0.3, -0.25) is 10.1 Å². The molecule has 2 amide bonds. The number of amides is 2. The monoisotopic (exact) mass is 372 g/mol. The number of rotatable bonds is 5. The number of benzene rings is 1. The second-order valence-corrected chi connectivity index (χ2v) is 5.14. The van der Waals surface area contributed by atoms with E-state index in [1.54, 1.807) is 0 Å². The van der Waals surface area contributed by atoms with Gasteiger partial charge in [-0.25, -0.2) is 4.79 Å². The van der Waals surface area contributed by atoms with Gasteiger partial charge in [0, 0.05) is 19.2 Å². The van der Waals surface area contributed by atoms with Crippen LogP contribution in [0.3, 0.4) is 0 Å². The first kappa shape index (κ1) is 20.6. The smallest absolute Gasteiger partial charge is 0.409 e. The topological polar surface area (TPSA) is 78.4 Å². The van der Waals surface area contributed by atoms with Crippen LogP contribution < -0.4 is 10.6 Å². The summed E-state index contributed by atoms with van der Waals surface area (Å²) in [5.41, 5.74) is -5.49. The molecule has 1 aromatic carbocycles. The fourth-order valence-corrected chi connectivity index (χ4v) is 2.30. The summed E-state index contributed by atoms with van der Waals surface area (Å²) in [4.78, 5) is 21.2. The summed E-state index contributed by atoms with van der Waals surface area (Å²) in [7, 11) is 0. The Morgan fingerprint density at radius 2 is 1.48 bits per heavy atom. The van der Waals surface area contributed by atoms with Crippen molar-refractivity contribution >= 4 is 17.7 Å². The summed E-state index contributed by atoms with van der Waals surface area (Å²) in [6, 6.07) is 2.71. The normalized spacial score (nSPS) is 12.6. The van der Waals surface area contributed by atoms with Gasteiger partial charge in [0.1, 0.15) is 0 Å². The highest BCUT2D eigenvalue weighted by atomic mass is 19.4. The molecule has 0 saturated heterocycles. The van der Waals surface area contributed by atoms with Gasteiger partial charge in [-0.15, -0.1) is 0 Å². The molecule has 0 fully saturated rings. The van der Waals surface area contributed by atoms with Crippen molar-refractivity contribution in [1.29, 1.82) is 0 Å². The van der Waals surface area contributed by atoms with Crippen molar-refractivity contribution in [2.45, 2.75) is 31.1 Å². The quantitative estimate of drug-likeness (QED) is 0.690. The van der Waals surface area contributed by atoms with E-state index in [1.165, 1.54) is 0 Å². The Balaban J connectivity index is 3.38. The van der Waals surface area contributed by atoms with E-state index in [1.807, 2.05) is 10.6 Å². The highest BCUT2D eigenvalue weighted by Gasteiger charge is 2.70. The van der Waals surface area contributed by atoms with Crippen LogP contribution in [-0.4, -0.2) is 36.0 Å². The molecular formula is C14H14F6N2O3. The van der Waals surface area contributed by atoms with E-state index in [9.17, 15) is 35.9 Å². The summed E-state index contributed by atoms with van der Waals surface area (Å²) in [5, 5.41) is 12.3. The van der Waals surface area contributed by atoms with Gasteiger partial charge in [0.15, 0.2) is 5.41 Å². The molecule has 0 heterocycles. The van der Waals surface area contributed by atoms with Crippen molar-refractivity contribution in [2.75, 3.05) is 11.9 Å². The summed E-state index contributed by atoms with van der Waals surface area (Å²) < 4.78 is 80.7. The summed E-state index contributed by atoms with van der Waals surface area (Å²) in [6.45, 7) is 0.124. The lowest BCUT2D eigenvalue weighted by Gasteiger charge is -2.38. The van der Waals surface area contributed by atoms with Gasteiger partial charge in [0.2, 0.25) is 5.91 Å². The van der Waals surface area contributed by atoms with Crippen LogP contribution in [0.25, 0.3) is 0 Å². The van der Waals surface area contributed by atoms with E-state index in [2.05, 4.69) is 0 Å². The van der Waals surface area contributed by atoms with Gasteiger partial charge >= 0.3 is 18.4 Å². The first-order valence-electron chi connectivity index (χ1n) is 6.79. The molecule has 0 aromatic heterocycles. The average molecular weight is 372 g/mol. The minimum Gasteiger partial charge on any atom is -0.465 e. The maximum atomic E-state index is 13.4. The highest BCUT2D eigenvalue weighted by Crippen LogP contribution is 2.54. The third kappa shape index (κ3) is 4.54. The van der Waals surface area contributed by atoms with Gasteiger partial charge in [0.25, 0.3) is 0 Å². The molecule has 0 aliphatic carbocycles. The predicted molar refractivity (Wildman–Crippen MR) is 75.2 cm³/mol. The lowest BCUT2D eigenvalue weighted by molar-refractivity contribution is -0.305. The van der Waals surface area contributed by atoms with Crippen LogP contribution in [0.4, 0.5) is 36.8 Å². The Morgan fingerprint density at radius 1 is 1.00 bits per heavy atom. The second-order valence-electron chi connectivity index (χ2n) is 5.14. The first-order valence-corrected chi connectivity index (χ1v) is 6.79. The fourth-order valence-electron chi connectivity index (χ4n) is 2.30. The molecule has 140 valence electrons. The number of halogens is 6. The number of carboxylic acid groups (broad SMARTS) is 1. The SMILES string of the molecule is CC(=O)NCCC(c1ccc(NC(=O)O)cc1)(C(F)(F)F)C(F)(F)F. The van der Waals surface area contributed by atoms with Crippen LogP contribution in [0.5, 0.6) is 0 Å². The highest BCUT2D eigenvalue weighted by molar-refractivity contribution is 5.82. The minimum absolute atomic E-state index is 0.184. The molecule has 0 spiro atoms. The van der Waals surface area contributed by atoms with Crippen molar-refractivity contribution in [3.05, 3.63) is 29.8 Å². The zero-order valence-corrected chi connectivity index (χ0v) is 12.8. The van der Waals surface area contributed by atoms with Gasteiger partial charge in [0.05, 0.1) is 0 Å². The van der Waals surface area contributed by atoms with Crippen LogP contribution in [0.1, 0.15) is 18.9 Å². The van der Waals surface area contributed by atoms with Crippen LogP contribution in [-0.2, 0) is 10.2 Å². The number of anilines is 1. The Labute approximate surface area is 138 Å². The van der Waals surface area contributed by atoms with E-state index in [0.29, 0.717) is 12.1 Å². The van der Waals surface area contributed by atoms with Crippen LogP contribution in [0, 0.1) is 0 Å².